The van der Waals surface area contributed by atoms with Crippen LogP contribution in [0.25, 0.3) is 0 Å². The molecule has 0 radical (unpaired) electrons. The van der Waals surface area contributed by atoms with E-state index in [1.165, 1.54) is 6.07 Å². The van der Waals surface area contributed by atoms with Crippen molar-refractivity contribution in [3.05, 3.63) is 59.7 Å². The zero-order valence-corrected chi connectivity index (χ0v) is 11.3. The van der Waals surface area contributed by atoms with Gasteiger partial charge < -0.3 is 5.11 Å². The van der Waals surface area contributed by atoms with Gasteiger partial charge in [0, 0.05) is 5.69 Å². The van der Waals surface area contributed by atoms with Gasteiger partial charge in [0.05, 0.1) is 11.5 Å². The van der Waals surface area contributed by atoms with Gasteiger partial charge in [-0.05, 0) is 36.2 Å². The van der Waals surface area contributed by atoms with Crippen molar-refractivity contribution < 1.29 is 13.5 Å². The van der Waals surface area contributed by atoms with E-state index in [-0.39, 0.29) is 11.5 Å². The summed E-state index contributed by atoms with van der Waals surface area (Å²) in [4.78, 5) is 0.183. The molecule has 0 atom stereocenters. The van der Waals surface area contributed by atoms with Gasteiger partial charge in [0.1, 0.15) is 0 Å². The third-order valence-electron chi connectivity index (χ3n) is 2.75. The summed E-state index contributed by atoms with van der Waals surface area (Å²) in [5.41, 5.74) is 1.72. The Bertz CT molecular complexity index is 666. The number of rotatable bonds is 4. The van der Waals surface area contributed by atoms with Gasteiger partial charge >= 0.3 is 0 Å². The maximum absolute atomic E-state index is 12.3. The van der Waals surface area contributed by atoms with Crippen LogP contribution in [0.1, 0.15) is 11.1 Å². The highest BCUT2D eigenvalue weighted by Crippen LogP contribution is 2.20. The number of nitrogens with one attached hydrogen (secondary N) is 1. The molecule has 0 bridgehead atoms. The van der Waals surface area contributed by atoms with Crippen LogP contribution in [0.15, 0.2) is 53.4 Å². The van der Waals surface area contributed by atoms with Gasteiger partial charge in [-0.1, -0.05) is 30.3 Å². The van der Waals surface area contributed by atoms with Crippen molar-refractivity contribution in [3.8, 4) is 0 Å². The number of hydrogen-bond donors (Lipinski definition) is 2. The minimum absolute atomic E-state index is 0.183. The minimum atomic E-state index is -3.64. The van der Waals surface area contributed by atoms with Gasteiger partial charge in [0.15, 0.2) is 0 Å². The van der Waals surface area contributed by atoms with E-state index in [0.29, 0.717) is 16.8 Å². The maximum atomic E-state index is 12.3. The summed E-state index contributed by atoms with van der Waals surface area (Å²) < 4.78 is 27.1. The van der Waals surface area contributed by atoms with Gasteiger partial charge in [-0.3, -0.25) is 4.72 Å². The van der Waals surface area contributed by atoms with Crippen LogP contribution in [0.4, 0.5) is 5.69 Å². The van der Waals surface area contributed by atoms with E-state index < -0.39 is 10.0 Å². The average molecular weight is 277 g/mol. The Morgan fingerprint density at radius 3 is 2.42 bits per heavy atom. The average Bonchev–Trinajstić information content (AvgIpc) is 2.39. The van der Waals surface area contributed by atoms with Gasteiger partial charge in [-0.2, -0.15) is 0 Å². The lowest BCUT2D eigenvalue weighted by Gasteiger charge is -2.11. The van der Waals surface area contributed by atoms with Crippen molar-refractivity contribution in [2.75, 3.05) is 4.72 Å². The number of aliphatic hydroxyl groups excluding tert-OH is 1. The number of sulfonamides is 1. The van der Waals surface area contributed by atoms with Crippen molar-refractivity contribution in [2.24, 2.45) is 0 Å². The second-order valence-corrected chi connectivity index (χ2v) is 5.88. The molecule has 2 aromatic rings. The first-order chi connectivity index (χ1) is 9.03. The molecule has 4 nitrogen and oxygen atoms in total. The fourth-order valence-electron chi connectivity index (χ4n) is 1.75. The minimum Gasteiger partial charge on any atom is -0.392 e. The van der Waals surface area contributed by atoms with Crippen LogP contribution in [0.2, 0.25) is 0 Å². The van der Waals surface area contributed by atoms with Gasteiger partial charge in [-0.15, -0.1) is 0 Å². The highest BCUT2D eigenvalue weighted by Gasteiger charge is 2.17. The van der Waals surface area contributed by atoms with Crippen molar-refractivity contribution in [1.82, 2.24) is 0 Å². The van der Waals surface area contributed by atoms with Crippen LogP contribution in [-0.2, 0) is 16.6 Å². The fourth-order valence-corrected chi connectivity index (χ4v) is 3.10. The highest BCUT2D eigenvalue weighted by atomic mass is 32.2. The van der Waals surface area contributed by atoms with E-state index in [0.717, 1.165) is 0 Å². The lowest BCUT2D eigenvalue weighted by Crippen LogP contribution is -2.14. The monoisotopic (exact) mass is 277 g/mol. The molecule has 0 aromatic heterocycles. The molecule has 100 valence electrons. The Morgan fingerprint density at radius 2 is 1.79 bits per heavy atom. The smallest absolute Gasteiger partial charge is 0.262 e. The first kappa shape index (κ1) is 13.6. The number of aryl methyl sites for hydroxylation is 1. The molecule has 0 fully saturated rings. The number of para-hydroxylation sites is 1. The van der Waals surface area contributed by atoms with E-state index in [1.807, 2.05) is 6.07 Å². The number of hydrogen-bond acceptors (Lipinski definition) is 3. The first-order valence-corrected chi connectivity index (χ1v) is 7.29. The first-order valence-electron chi connectivity index (χ1n) is 5.81. The standard InChI is InChI=1S/C14H15NO3S/c1-11-7-8-12(10-16)9-14(11)19(17,18)15-13-5-3-2-4-6-13/h2-9,15-16H,10H2,1H3. The Morgan fingerprint density at radius 1 is 1.11 bits per heavy atom. The Kier molecular flexibility index (Phi) is 3.87. The zero-order valence-electron chi connectivity index (χ0n) is 10.5. The summed E-state index contributed by atoms with van der Waals surface area (Å²) in [6, 6.07) is 13.6. The van der Waals surface area contributed by atoms with E-state index in [4.69, 9.17) is 5.11 Å². The third kappa shape index (κ3) is 3.13. The molecular weight excluding hydrogens is 262 g/mol. The quantitative estimate of drug-likeness (QED) is 0.901. The van der Waals surface area contributed by atoms with Crippen molar-refractivity contribution in [2.45, 2.75) is 18.4 Å². The topological polar surface area (TPSA) is 66.4 Å². The Balaban J connectivity index is 2.39. The highest BCUT2D eigenvalue weighted by molar-refractivity contribution is 7.92. The Hall–Kier alpha value is -1.85. The molecule has 0 amide bonds. The van der Waals surface area contributed by atoms with Crippen molar-refractivity contribution in [1.29, 1.82) is 0 Å². The van der Waals surface area contributed by atoms with Crippen LogP contribution in [0, 0.1) is 6.92 Å². The molecule has 0 aliphatic heterocycles. The largest absolute Gasteiger partial charge is 0.392 e. The van der Waals surface area contributed by atoms with Gasteiger partial charge in [0.2, 0.25) is 0 Å². The summed E-state index contributed by atoms with van der Waals surface area (Å²) in [6.45, 7) is 1.54. The summed E-state index contributed by atoms with van der Waals surface area (Å²) in [5, 5.41) is 9.09. The summed E-state index contributed by atoms with van der Waals surface area (Å²) in [6.07, 6.45) is 0. The second-order valence-electron chi connectivity index (χ2n) is 4.23. The lowest BCUT2D eigenvalue weighted by molar-refractivity contribution is 0.281. The molecule has 0 unspecified atom stereocenters. The van der Waals surface area contributed by atoms with Crippen molar-refractivity contribution >= 4 is 15.7 Å². The fraction of sp³-hybridized carbons (Fsp3) is 0.143. The SMILES string of the molecule is Cc1ccc(CO)cc1S(=O)(=O)Nc1ccccc1. The summed E-state index contributed by atoms with van der Waals surface area (Å²) >= 11 is 0. The predicted octanol–water partition coefficient (Wildman–Crippen LogP) is 2.29. The summed E-state index contributed by atoms with van der Waals surface area (Å²) in [5.74, 6) is 0. The Labute approximate surface area is 112 Å². The molecule has 2 N–H and O–H groups in total. The van der Waals surface area contributed by atoms with E-state index in [9.17, 15) is 8.42 Å². The van der Waals surface area contributed by atoms with Crippen LogP contribution in [0.5, 0.6) is 0 Å². The van der Waals surface area contributed by atoms with E-state index >= 15 is 0 Å². The van der Waals surface area contributed by atoms with Crippen LogP contribution in [0.3, 0.4) is 0 Å². The molecule has 2 rings (SSSR count). The molecule has 0 spiro atoms. The summed E-state index contributed by atoms with van der Waals surface area (Å²) in [7, 11) is -3.64. The molecule has 0 saturated heterocycles. The van der Waals surface area contributed by atoms with Crippen LogP contribution in [-0.4, -0.2) is 13.5 Å². The number of aliphatic hydroxyl groups is 1. The number of anilines is 1. The molecule has 19 heavy (non-hydrogen) atoms. The zero-order chi connectivity index (χ0) is 13.9. The third-order valence-corrected chi connectivity index (χ3v) is 4.27. The molecule has 0 heterocycles. The second kappa shape index (κ2) is 5.42. The molecule has 5 heteroatoms. The normalized spacial score (nSPS) is 11.3. The molecular formula is C14H15NO3S. The maximum Gasteiger partial charge on any atom is 0.262 e. The molecule has 0 aliphatic rings. The lowest BCUT2D eigenvalue weighted by atomic mass is 10.2. The van der Waals surface area contributed by atoms with E-state index in [2.05, 4.69) is 4.72 Å². The molecule has 0 aliphatic carbocycles. The molecule has 2 aromatic carbocycles. The van der Waals surface area contributed by atoms with Crippen molar-refractivity contribution in [3.63, 3.8) is 0 Å². The predicted molar refractivity (Wildman–Crippen MR) is 74.4 cm³/mol. The van der Waals surface area contributed by atoms with E-state index in [1.54, 1.807) is 43.3 Å². The van der Waals surface area contributed by atoms with Gasteiger partial charge in [-0.25, -0.2) is 8.42 Å². The molecule has 0 saturated carbocycles. The van der Waals surface area contributed by atoms with Gasteiger partial charge in [0.25, 0.3) is 10.0 Å². The van der Waals surface area contributed by atoms with Crippen LogP contribution >= 0.6 is 0 Å². The van der Waals surface area contributed by atoms with Crippen LogP contribution < -0.4 is 4.72 Å². The number of benzene rings is 2.